The third-order valence-electron chi connectivity index (χ3n) is 6.38. The molecule has 29 heavy (non-hydrogen) atoms. The Labute approximate surface area is 176 Å². The van der Waals surface area contributed by atoms with Crippen molar-refractivity contribution in [3.8, 4) is 0 Å². The summed E-state index contributed by atoms with van der Waals surface area (Å²) in [4.78, 5) is 2.36. The van der Waals surface area contributed by atoms with Crippen LogP contribution in [0.25, 0.3) is 0 Å². The molecule has 0 aromatic heterocycles. The standard InChI is InChI=1S/C26H36N2O/c1-6-17-28-24-21(3)14-12-16-23(24)25(4,5)26(28,19-27)29-22-15-11-9-7-8-10-13-20(2)18-22/h10-13,15-16,18-19,21,27H,2,6-9,14,17H2,1,3-5H3/b13-10-,15-11-,22-18?,27-19?/t21-,26?/m1/s1. The molecular weight excluding hydrogens is 356 g/mol. The van der Waals surface area contributed by atoms with Crippen LogP contribution in [0.4, 0.5) is 0 Å². The van der Waals surface area contributed by atoms with E-state index in [9.17, 15) is 0 Å². The minimum absolute atomic E-state index is 0.342. The van der Waals surface area contributed by atoms with Crippen LogP contribution < -0.4 is 0 Å². The molecule has 156 valence electrons. The maximum Gasteiger partial charge on any atom is 0.227 e. The Morgan fingerprint density at radius 1 is 1.21 bits per heavy atom. The number of hydrogen-bond donors (Lipinski definition) is 1. The van der Waals surface area contributed by atoms with Gasteiger partial charge >= 0.3 is 0 Å². The third kappa shape index (κ3) is 3.80. The summed E-state index contributed by atoms with van der Waals surface area (Å²) in [6.07, 6.45) is 21.8. The van der Waals surface area contributed by atoms with E-state index >= 15 is 0 Å². The fourth-order valence-corrected chi connectivity index (χ4v) is 4.79. The van der Waals surface area contributed by atoms with E-state index in [4.69, 9.17) is 10.1 Å². The lowest BCUT2D eigenvalue weighted by Crippen LogP contribution is -2.56. The largest absolute Gasteiger partial charge is 0.462 e. The lowest BCUT2D eigenvalue weighted by atomic mass is 9.75. The third-order valence-corrected chi connectivity index (χ3v) is 6.38. The molecule has 3 heteroatoms. The van der Waals surface area contributed by atoms with Gasteiger partial charge in [0.05, 0.1) is 11.6 Å². The van der Waals surface area contributed by atoms with Gasteiger partial charge in [-0.2, -0.15) is 0 Å². The molecule has 1 N–H and O–H groups in total. The second-order valence-electron chi connectivity index (χ2n) is 8.91. The summed E-state index contributed by atoms with van der Waals surface area (Å²) in [5.74, 6) is 1.20. The van der Waals surface area contributed by atoms with Crippen LogP contribution in [0.2, 0.25) is 0 Å². The zero-order valence-electron chi connectivity index (χ0n) is 18.5. The van der Waals surface area contributed by atoms with Crippen LogP contribution in [-0.2, 0) is 4.74 Å². The molecule has 1 aliphatic heterocycles. The van der Waals surface area contributed by atoms with Gasteiger partial charge in [0.1, 0.15) is 5.76 Å². The summed E-state index contributed by atoms with van der Waals surface area (Å²) in [6.45, 7) is 13.9. The summed E-state index contributed by atoms with van der Waals surface area (Å²) in [5.41, 5.74) is 2.38. The predicted molar refractivity (Wildman–Crippen MR) is 123 cm³/mol. The molecule has 2 aliphatic carbocycles. The predicted octanol–water partition coefficient (Wildman–Crippen LogP) is 6.69. The van der Waals surface area contributed by atoms with E-state index in [0.717, 1.165) is 50.0 Å². The normalized spacial score (nSPS) is 31.2. The highest BCUT2D eigenvalue weighted by Gasteiger charge is 2.59. The number of nitrogens with zero attached hydrogens (tertiary/aromatic N) is 1. The number of nitrogens with one attached hydrogen (secondary N) is 1. The van der Waals surface area contributed by atoms with Gasteiger partial charge in [-0.15, -0.1) is 0 Å². The van der Waals surface area contributed by atoms with Gasteiger partial charge in [0, 0.05) is 12.2 Å². The highest BCUT2D eigenvalue weighted by molar-refractivity contribution is 5.72. The van der Waals surface area contributed by atoms with E-state index in [0.29, 0.717) is 5.92 Å². The minimum Gasteiger partial charge on any atom is -0.462 e. The molecule has 0 amide bonds. The molecular formula is C26H36N2O. The fraction of sp³-hybridized carbons (Fsp3) is 0.500. The zero-order chi connectivity index (χ0) is 21.1. The molecule has 3 rings (SSSR count). The van der Waals surface area contributed by atoms with Crippen LogP contribution in [-0.4, -0.2) is 23.4 Å². The van der Waals surface area contributed by atoms with E-state index in [2.05, 4.69) is 75.6 Å². The molecule has 0 aromatic rings. The van der Waals surface area contributed by atoms with Crippen LogP contribution in [0.5, 0.6) is 0 Å². The average molecular weight is 393 g/mol. The van der Waals surface area contributed by atoms with Crippen molar-refractivity contribution in [3.05, 3.63) is 71.7 Å². The van der Waals surface area contributed by atoms with E-state index in [1.165, 1.54) is 17.5 Å². The first kappa shape index (κ1) is 21.4. The Morgan fingerprint density at radius 2 is 1.93 bits per heavy atom. The highest BCUT2D eigenvalue weighted by Crippen LogP contribution is 2.55. The van der Waals surface area contributed by atoms with E-state index in [-0.39, 0.29) is 5.41 Å². The molecule has 0 fully saturated rings. The molecule has 1 heterocycles. The van der Waals surface area contributed by atoms with Gasteiger partial charge in [-0.1, -0.05) is 50.8 Å². The van der Waals surface area contributed by atoms with Crippen molar-refractivity contribution >= 4 is 6.21 Å². The summed E-state index contributed by atoms with van der Waals surface area (Å²) in [7, 11) is 0. The van der Waals surface area contributed by atoms with Crippen molar-refractivity contribution in [2.45, 2.75) is 65.5 Å². The number of ether oxygens (including phenoxy) is 1. The lowest BCUT2D eigenvalue weighted by molar-refractivity contribution is -0.0947. The summed E-state index contributed by atoms with van der Waals surface area (Å²) >= 11 is 0. The SMILES string of the molecule is C=C1C=C(OC2(C=N)N(CCC)C3=C(C=CC[C@H]3C)C2(C)C)/C=C\CCC/C=C\1. The van der Waals surface area contributed by atoms with Crippen molar-refractivity contribution in [3.63, 3.8) is 0 Å². The Bertz CT molecular complexity index is 809. The van der Waals surface area contributed by atoms with Gasteiger partial charge in [0.15, 0.2) is 0 Å². The molecule has 3 nitrogen and oxygen atoms in total. The van der Waals surface area contributed by atoms with Crippen molar-refractivity contribution in [1.82, 2.24) is 4.90 Å². The van der Waals surface area contributed by atoms with Crippen molar-refractivity contribution < 1.29 is 4.74 Å². The van der Waals surface area contributed by atoms with Gasteiger partial charge in [0.25, 0.3) is 0 Å². The summed E-state index contributed by atoms with van der Waals surface area (Å²) in [6, 6.07) is 0. The smallest absolute Gasteiger partial charge is 0.227 e. The second-order valence-corrected chi connectivity index (χ2v) is 8.91. The Hall–Kier alpha value is -2.29. The topological polar surface area (TPSA) is 36.3 Å². The molecule has 0 bridgehead atoms. The Morgan fingerprint density at radius 3 is 2.62 bits per heavy atom. The van der Waals surface area contributed by atoms with E-state index in [1.807, 2.05) is 6.08 Å². The molecule has 0 saturated heterocycles. The first-order chi connectivity index (χ1) is 13.9. The second kappa shape index (κ2) is 8.61. The summed E-state index contributed by atoms with van der Waals surface area (Å²) in [5, 5.41) is 8.54. The highest BCUT2D eigenvalue weighted by atomic mass is 16.5. The van der Waals surface area contributed by atoms with Gasteiger partial charge in [0.2, 0.25) is 5.72 Å². The molecule has 0 saturated carbocycles. The van der Waals surface area contributed by atoms with Crippen LogP contribution in [0.15, 0.2) is 71.7 Å². The molecule has 3 aliphatic rings. The van der Waals surface area contributed by atoms with Crippen LogP contribution in [0.3, 0.4) is 0 Å². The maximum atomic E-state index is 8.54. The molecule has 0 aromatic carbocycles. The van der Waals surface area contributed by atoms with Crippen LogP contribution in [0, 0.1) is 16.7 Å². The van der Waals surface area contributed by atoms with Crippen molar-refractivity contribution in [2.75, 3.05) is 6.54 Å². The minimum atomic E-state index is -0.846. The molecule has 1 unspecified atom stereocenters. The van der Waals surface area contributed by atoms with Gasteiger partial charge in [-0.3, -0.25) is 0 Å². The zero-order valence-corrected chi connectivity index (χ0v) is 18.5. The first-order valence-corrected chi connectivity index (χ1v) is 11.0. The van der Waals surface area contributed by atoms with Crippen molar-refractivity contribution in [1.29, 1.82) is 5.41 Å². The first-order valence-electron chi connectivity index (χ1n) is 11.0. The van der Waals surface area contributed by atoms with Crippen LogP contribution in [0.1, 0.15) is 59.8 Å². The molecule has 2 atom stereocenters. The lowest BCUT2D eigenvalue weighted by Gasteiger charge is -2.46. The van der Waals surface area contributed by atoms with Crippen LogP contribution >= 0.6 is 0 Å². The number of rotatable bonds is 5. The van der Waals surface area contributed by atoms with E-state index in [1.54, 1.807) is 0 Å². The summed E-state index contributed by atoms with van der Waals surface area (Å²) < 4.78 is 6.80. The maximum absolute atomic E-state index is 8.54. The Kier molecular flexibility index (Phi) is 6.36. The van der Waals surface area contributed by atoms with Gasteiger partial charge in [-0.25, -0.2) is 0 Å². The average Bonchev–Trinajstić information content (AvgIpc) is 2.87. The molecule has 0 radical (unpaired) electrons. The number of allylic oxidation sites excluding steroid dienone is 9. The monoisotopic (exact) mass is 392 g/mol. The number of hydrogen-bond acceptors (Lipinski definition) is 3. The molecule has 0 spiro atoms. The van der Waals surface area contributed by atoms with Gasteiger partial charge < -0.3 is 15.0 Å². The quantitative estimate of drug-likeness (QED) is 0.529. The fourth-order valence-electron chi connectivity index (χ4n) is 4.79. The van der Waals surface area contributed by atoms with Crippen molar-refractivity contribution in [2.24, 2.45) is 11.3 Å². The van der Waals surface area contributed by atoms with Gasteiger partial charge in [-0.05, 0) is 75.2 Å². The Balaban J connectivity index is 2.08. The van der Waals surface area contributed by atoms with E-state index < -0.39 is 5.72 Å².